The number of hydrogen-bond donors (Lipinski definition) is 1. The molecule has 0 radical (unpaired) electrons. The number of ketones is 1. The molecule has 1 atom stereocenters. The number of rotatable bonds is 5. The van der Waals surface area contributed by atoms with E-state index in [0.29, 0.717) is 17.3 Å². The number of benzene rings is 2. The summed E-state index contributed by atoms with van der Waals surface area (Å²) in [7, 11) is 3.86. The first-order valence-electron chi connectivity index (χ1n) is 11.3. The number of Topliss-reactive ketones (excluding diaryl/α,β-unsaturated/α-hetero) is 1. The number of anilines is 2. The van der Waals surface area contributed by atoms with E-state index in [2.05, 4.69) is 24.0 Å². The van der Waals surface area contributed by atoms with Crippen molar-refractivity contribution in [1.29, 1.82) is 0 Å². The van der Waals surface area contributed by atoms with E-state index in [1.807, 2.05) is 74.4 Å². The Morgan fingerprint density at radius 1 is 1.09 bits per heavy atom. The summed E-state index contributed by atoms with van der Waals surface area (Å²) in [4.78, 5) is 21.0. The van der Waals surface area contributed by atoms with Crippen LogP contribution in [0.2, 0.25) is 0 Å². The molecule has 2 aromatic carbocycles. The van der Waals surface area contributed by atoms with E-state index in [1.54, 1.807) is 17.2 Å². The lowest BCUT2D eigenvalue weighted by Gasteiger charge is -2.36. The highest BCUT2D eigenvalue weighted by atomic mass is 16.7. The minimum Gasteiger partial charge on any atom is -0.507 e. The Hall–Kier alpha value is -3.71. The van der Waals surface area contributed by atoms with Gasteiger partial charge in [0.05, 0.1) is 11.3 Å². The van der Waals surface area contributed by atoms with Gasteiger partial charge in [-0.1, -0.05) is 50.2 Å². The van der Waals surface area contributed by atoms with Crippen LogP contribution < -0.4 is 9.96 Å². The van der Waals surface area contributed by atoms with Crippen molar-refractivity contribution in [3.63, 3.8) is 0 Å². The van der Waals surface area contributed by atoms with E-state index in [0.717, 1.165) is 16.9 Å². The van der Waals surface area contributed by atoms with Crippen molar-refractivity contribution in [1.82, 2.24) is 10.2 Å². The Labute approximate surface area is 200 Å². The molecule has 1 aliphatic rings. The van der Waals surface area contributed by atoms with Crippen LogP contribution in [0.5, 0.6) is 0 Å². The number of hydroxylamine groups is 1. The Morgan fingerprint density at radius 2 is 1.82 bits per heavy atom. The summed E-state index contributed by atoms with van der Waals surface area (Å²) in [6.45, 7) is 5.91. The van der Waals surface area contributed by atoms with Crippen molar-refractivity contribution in [3.05, 3.63) is 88.6 Å². The van der Waals surface area contributed by atoms with Gasteiger partial charge in [-0.25, -0.2) is 5.06 Å². The molecule has 1 aliphatic heterocycles. The highest BCUT2D eigenvalue weighted by Gasteiger charge is 2.38. The van der Waals surface area contributed by atoms with Crippen molar-refractivity contribution < 1.29 is 14.7 Å². The van der Waals surface area contributed by atoms with Gasteiger partial charge in [-0.05, 0) is 48.2 Å². The van der Waals surface area contributed by atoms with Crippen molar-refractivity contribution >= 4 is 23.0 Å². The molecule has 7 heteroatoms. The predicted molar refractivity (Wildman–Crippen MR) is 134 cm³/mol. The van der Waals surface area contributed by atoms with Gasteiger partial charge in [-0.3, -0.25) is 9.63 Å². The van der Waals surface area contributed by atoms with Gasteiger partial charge in [-0.15, -0.1) is 5.10 Å². The quantitative estimate of drug-likeness (QED) is 0.425. The lowest BCUT2D eigenvalue weighted by atomic mass is 9.89. The molecular weight excluding hydrogens is 428 g/mol. The largest absolute Gasteiger partial charge is 0.507 e. The van der Waals surface area contributed by atoms with Gasteiger partial charge in [0.1, 0.15) is 18.4 Å². The molecule has 7 nitrogen and oxygen atoms in total. The zero-order chi connectivity index (χ0) is 24.4. The second kappa shape index (κ2) is 9.65. The normalized spacial score (nSPS) is 17.8. The Bertz CT molecular complexity index is 1200. The molecule has 1 fully saturated rings. The molecule has 0 aliphatic carbocycles. The van der Waals surface area contributed by atoms with Crippen LogP contribution in [0.1, 0.15) is 48.2 Å². The number of aliphatic hydroxyl groups is 1. The third-order valence-corrected chi connectivity index (χ3v) is 5.96. The maximum atomic E-state index is 13.2. The van der Waals surface area contributed by atoms with Crippen LogP contribution in [-0.4, -0.2) is 41.8 Å². The molecule has 2 heterocycles. The van der Waals surface area contributed by atoms with E-state index in [9.17, 15) is 9.90 Å². The molecule has 1 saturated heterocycles. The number of aliphatic hydroxyl groups excluding tert-OH is 1. The Morgan fingerprint density at radius 3 is 2.44 bits per heavy atom. The lowest BCUT2D eigenvalue weighted by molar-refractivity contribution is -0.124. The van der Waals surface area contributed by atoms with Crippen molar-refractivity contribution in [2.24, 2.45) is 0 Å². The second-order valence-corrected chi connectivity index (χ2v) is 8.99. The molecule has 0 bridgehead atoms. The van der Waals surface area contributed by atoms with Gasteiger partial charge in [0.25, 0.3) is 0 Å². The minimum atomic E-state index is -0.692. The minimum absolute atomic E-state index is 0.0694. The van der Waals surface area contributed by atoms with E-state index in [4.69, 9.17) is 4.84 Å². The monoisotopic (exact) mass is 458 g/mol. The molecule has 0 saturated carbocycles. The van der Waals surface area contributed by atoms with Crippen molar-refractivity contribution in [2.45, 2.75) is 32.7 Å². The van der Waals surface area contributed by atoms with Crippen LogP contribution in [0.15, 0.2) is 66.2 Å². The van der Waals surface area contributed by atoms with Crippen LogP contribution >= 0.6 is 0 Å². The number of nitrogens with zero attached hydrogens (tertiary/aromatic N) is 4. The summed E-state index contributed by atoms with van der Waals surface area (Å²) in [5, 5.41) is 21.4. The summed E-state index contributed by atoms with van der Waals surface area (Å²) >= 11 is 0. The van der Waals surface area contributed by atoms with Gasteiger partial charge in [0.2, 0.25) is 0 Å². The smallest absolute Gasteiger partial charge is 0.193 e. The fraction of sp³-hybridized carbons (Fsp3) is 0.296. The fourth-order valence-corrected chi connectivity index (χ4v) is 3.97. The number of hydrogen-bond acceptors (Lipinski definition) is 7. The topological polar surface area (TPSA) is 78.8 Å². The van der Waals surface area contributed by atoms with Crippen molar-refractivity contribution in [3.8, 4) is 0 Å². The first-order chi connectivity index (χ1) is 16.3. The van der Waals surface area contributed by atoms with Crippen LogP contribution in [-0.2, 0) is 9.63 Å². The van der Waals surface area contributed by atoms with Gasteiger partial charge in [0.15, 0.2) is 11.6 Å². The SMILES string of the molecule is Cc1ccc(N2OCC(=O)C(=C(O)c3cccc(N(C)C)c3)C2c2ccc(C(C)C)cc2)nn1. The lowest BCUT2D eigenvalue weighted by Crippen LogP contribution is -2.41. The first-order valence-corrected chi connectivity index (χ1v) is 11.3. The highest BCUT2D eigenvalue weighted by molar-refractivity contribution is 6.04. The molecular formula is C27H30N4O3. The zero-order valence-corrected chi connectivity index (χ0v) is 20.2. The fourth-order valence-electron chi connectivity index (χ4n) is 3.97. The average Bonchev–Trinajstić information content (AvgIpc) is 2.84. The first kappa shape index (κ1) is 23.4. The Kier molecular flexibility index (Phi) is 6.65. The number of aromatic nitrogens is 2. The van der Waals surface area contributed by atoms with Gasteiger partial charge in [-0.2, -0.15) is 5.10 Å². The molecule has 1 aromatic heterocycles. The van der Waals surface area contributed by atoms with Crippen molar-refractivity contribution in [2.75, 3.05) is 30.7 Å². The van der Waals surface area contributed by atoms with Gasteiger partial charge < -0.3 is 10.0 Å². The number of aryl methyl sites for hydroxylation is 1. The van der Waals surface area contributed by atoms with Crippen LogP contribution in [0, 0.1) is 6.92 Å². The molecule has 0 amide bonds. The van der Waals surface area contributed by atoms with Crippen LogP contribution in [0.25, 0.3) is 5.76 Å². The predicted octanol–water partition coefficient (Wildman–Crippen LogP) is 5.01. The standard InChI is InChI=1S/C27H30N4O3/c1-17(2)19-10-12-20(13-11-19)26-25(27(33)21-7-6-8-22(15-21)30(4)5)23(32)16-34-31(26)24-14-9-18(3)28-29-24/h6-15,17,26,33H,16H2,1-5H3. The Balaban J connectivity index is 1.89. The van der Waals surface area contributed by atoms with E-state index >= 15 is 0 Å². The molecule has 1 unspecified atom stereocenters. The zero-order valence-electron chi connectivity index (χ0n) is 20.2. The molecule has 3 aromatic rings. The molecule has 0 spiro atoms. The van der Waals surface area contributed by atoms with E-state index in [1.165, 1.54) is 5.56 Å². The number of carbonyl (C=O) groups excluding carboxylic acids is 1. The second-order valence-electron chi connectivity index (χ2n) is 8.99. The average molecular weight is 459 g/mol. The number of carbonyl (C=O) groups is 1. The van der Waals surface area contributed by atoms with E-state index < -0.39 is 6.04 Å². The third-order valence-electron chi connectivity index (χ3n) is 5.96. The van der Waals surface area contributed by atoms with E-state index in [-0.39, 0.29) is 23.7 Å². The summed E-state index contributed by atoms with van der Waals surface area (Å²) in [6, 6.07) is 18.4. The third kappa shape index (κ3) is 4.65. The summed E-state index contributed by atoms with van der Waals surface area (Å²) in [6.07, 6.45) is 0. The van der Waals surface area contributed by atoms with Crippen LogP contribution in [0.4, 0.5) is 11.5 Å². The molecule has 176 valence electrons. The highest BCUT2D eigenvalue weighted by Crippen LogP contribution is 2.39. The van der Waals surface area contributed by atoms with Crippen LogP contribution in [0.3, 0.4) is 0 Å². The van der Waals surface area contributed by atoms with Gasteiger partial charge >= 0.3 is 0 Å². The summed E-state index contributed by atoms with van der Waals surface area (Å²) in [5.74, 6) is 0.486. The molecule has 34 heavy (non-hydrogen) atoms. The maximum Gasteiger partial charge on any atom is 0.193 e. The summed E-state index contributed by atoms with van der Waals surface area (Å²) in [5.41, 5.74) is 4.51. The maximum absolute atomic E-state index is 13.2. The molecule has 4 rings (SSSR count). The van der Waals surface area contributed by atoms with Gasteiger partial charge in [0, 0.05) is 25.3 Å². The summed E-state index contributed by atoms with van der Waals surface area (Å²) < 4.78 is 0. The molecule has 1 N–H and O–H groups in total.